The number of nitrogens with one attached hydrogen (secondary N) is 3. The first-order chi connectivity index (χ1) is 14.8. The van der Waals surface area contributed by atoms with E-state index in [1.54, 1.807) is 0 Å². The van der Waals surface area contributed by atoms with Gasteiger partial charge in [0, 0.05) is 12.6 Å². The van der Waals surface area contributed by atoms with Gasteiger partial charge in [-0.15, -0.1) is 0 Å². The lowest BCUT2D eigenvalue weighted by Gasteiger charge is -2.19. The van der Waals surface area contributed by atoms with Crippen molar-refractivity contribution in [3.8, 4) is 0 Å². The molecular formula is C20H21ClF2N4O2S2. The number of likely N-dealkylation sites (N-methyl/N-ethyl adjacent to an activating group) is 1. The zero-order valence-electron chi connectivity index (χ0n) is 16.5. The van der Waals surface area contributed by atoms with E-state index in [0.29, 0.717) is 17.9 Å². The molecule has 0 unspecified atom stereocenters. The van der Waals surface area contributed by atoms with Crippen LogP contribution in [0.3, 0.4) is 0 Å². The number of halogens is 3. The highest BCUT2D eigenvalue weighted by atomic mass is 35.5. The van der Waals surface area contributed by atoms with Crippen LogP contribution in [0.4, 0.5) is 19.6 Å². The molecule has 6 nitrogen and oxygen atoms in total. The third kappa shape index (κ3) is 6.36. The second kappa shape index (κ2) is 10.4. The summed E-state index contributed by atoms with van der Waals surface area (Å²) >= 11 is 6.70. The molecule has 0 aliphatic carbocycles. The van der Waals surface area contributed by atoms with Crippen molar-refractivity contribution in [3.63, 3.8) is 0 Å². The molecule has 2 aromatic carbocycles. The summed E-state index contributed by atoms with van der Waals surface area (Å²) in [5.41, 5.74) is 1.49. The Morgan fingerprint density at radius 2 is 1.94 bits per heavy atom. The number of anilines is 2. The first-order valence-corrected chi connectivity index (χ1v) is 12.0. The third-order valence-electron chi connectivity index (χ3n) is 4.58. The van der Waals surface area contributed by atoms with Crippen molar-refractivity contribution in [1.82, 2.24) is 10.3 Å². The summed E-state index contributed by atoms with van der Waals surface area (Å²) in [6.07, 6.45) is 2.58. The molecule has 0 amide bonds. The van der Waals surface area contributed by atoms with Gasteiger partial charge in [-0.05, 0) is 37.6 Å². The predicted molar refractivity (Wildman–Crippen MR) is 120 cm³/mol. The van der Waals surface area contributed by atoms with Crippen LogP contribution in [0.1, 0.15) is 12.0 Å². The molecule has 166 valence electrons. The minimum absolute atomic E-state index is 0.0463. The minimum Gasteiger partial charge on any atom is -0.382 e. The Bertz CT molecular complexity index is 1130. The van der Waals surface area contributed by atoms with Crippen molar-refractivity contribution < 1.29 is 17.2 Å². The van der Waals surface area contributed by atoms with Gasteiger partial charge in [-0.25, -0.2) is 17.8 Å². The lowest BCUT2D eigenvalue weighted by atomic mass is 10.1. The second-order valence-electron chi connectivity index (χ2n) is 6.73. The van der Waals surface area contributed by atoms with E-state index in [4.69, 9.17) is 11.6 Å². The summed E-state index contributed by atoms with van der Waals surface area (Å²) < 4.78 is 54.5. The number of benzene rings is 2. The zero-order chi connectivity index (χ0) is 22.4. The van der Waals surface area contributed by atoms with Crippen molar-refractivity contribution in [2.45, 2.75) is 23.8 Å². The zero-order valence-corrected chi connectivity index (χ0v) is 18.9. The standard InChI is InChI=1S/C20H21ClF2N4O2S2/c1-24-14(8-7-13-5-3-2-4-6-13)11-25-17-10-16(22)18(9-15(17)21)31(28,29)27-20-26-12-19(23)30-20/h2-6,9-10,12,14,24-25H,7-8,11H2,1H3,(H,26,27)/t14-/m0/s1. The molecule has 0 bridgehead atoms. The molecule has 3 N–H and O–H groups in total. The first-order valence-electron chi connectivity index (χ1n) is 9.36. The summed E-state index contributed by atoms with van der Waals surface area (Å²) in [5, 5.41) is 5.44. The van der Waals surface area contributed by atoms with Crippen LogP contribution < -0.4 is 15.4 Å². The fraction of sp³-hybridized carbons (Fsp3) is 0.250. The van der Waals surface area contributed by atoms with Crippen molar-refractivity contribution in [2.24, 2.45) is 0 Å². The van der Waals surface area contributed by atoms with Crippen LogP contribution in [0.25, 0.3) is 0 Å². The van der Waals surface area contributed by atoms with Gasteiger partial charge < -0.3 is 10.6 Å². The van der Waals surface area contributed by atoms with Gasteiger partial charge in [0.1, 0.15) is 10.7 Å². The smallest absolute Gasteiger partial charge is 0.266 e. The van der Waals surface area contributed by atoms with E-state index in [-0.39, 0.29) is 21.9 Å². The molecule has 0 aliphatic heterocycles. The molecule has 0 saturated heterocycles. The fourth-order valence-corrected chi connectivity index (χ4v) is 5.08. The molecule has 0 radical (unpaired) electrons. The Hall–Kier alpha value is -2.27. The van der Waals surface area contributed by atoms with Gasteiger partial charge in [0.15, 0.2) is 10.3 Å². The fourth-order valence-electron chi connectivity index (χ4n) is 2.91. The summed E-state index contributed by atoms with van der Waals surface area (Å²) in [6, 6.07) is 12.2. The maximum atomic E-state index is 14.6. The van der Waals surface area contributed by atoms with Gasteiger partial charge in [0.2, 0.25) is 0 Å². The van der Waals surface area contributed by atoms with E-state index in [1.165, 1.54) is 5.56 Å². The van der Waals surface area contributed by atoms with Gasteiger partial charge in [-0.2, -0.15) is 4.39 Å². The van der Waals surface area contributed by atoms with Crippen LogP contribution in [-0.4, -0.2) is 33.0 Å². The van der Waals surface area contributed by atoms with Crippen molar-refractivity contribution in [2.75, 3.05) is 23.6 Å². The molecule has 0 fully saturated rings. The Kier molecular flexibility index (Phi) is 7.82. The van der Waals surface area contributed by atoms with Gasteiger partial charge in [-0.3, -0.25) is 4.72 Å². The first kappa shape index (κ1) is 23.4. The number of hydrogen-bond acceptors (Lipinski definition) is 6. The third-order valence-corrected chi connectivity index (χ3v) is 7.08. The molecule has 1 heterocycles. The molecule has 0 spiro atoms. The van der Waals surface area contributed by atoms with Gasteiger partial charge >= 0.3 is 0 Å². The number of thiazole rings is 1. The molecule has 31 heavy (non-hydrogen) atoms. The maximum Gasteiger partial charge on any atom is 0.266 e. The molecule has 1 atom stereocenters. The van der Waals surface area contributed by atoms with Crippen molar-refractivity contribution in [1.29, 1.82) is 0 Å². The highest BCUT2D eigenvalue weighted by Crippen LogP contribution is 2.30. The van der Waals surface area contributed by atoms with Gasteiger partial charge in [0.25, 0.3) is 10.0 Å². The van der Waals surface area contributed by atoms with E-state index in [9.17, 15) is 17.2 Å². The van der Waals surface area contributed by atoms with Crippen LogP contribution >= 0.6 is 22.9 Å². The largest absolute Gasteiger partial charge is 0.382 e. The highest BCUT2D eigenvalue weighted by Gasteiger charge is 2.23. The molecule has 3 rings (SSSR count). The van der Waals surface area contributed by atoms with Crippen LogP contribution in [-0.2, 0) is 16.4 Å². The Morgan fingerprint density at radius 1 is 1.19 bits per heavy atom. The predicted octanol–water partition coefficient (Wildman–Crippen LogP) is 4.51. The number of rotatable bonds is 10. The SMILES string of the molecule is CN[C@@H](CCc1ccccc1)CNc1cc(F)c(S(=O)(=O)Nc2ncc(F)s2)cc1Cl. The topological polar surface area (TPSA) is 83.1 Å². The molecule has 0 aliphatic rings. The molecule has 3 aromatic rings. The van der Waals surface area contributed by atoms with Crippen LogP contribution in [0.15, 0.2) is 53.6 Å². The number of nitrogens with zero attached hydrogens (tertiary/aromatic N) is 1. The molecule has 11 heteroatoms. The monoisotopic (exact) mass is 486 g/mol. The Labute approximate surface area is 188 Å². The molecule has 0 saturated carbocycles. The van der Waals surface area contributed by atoms with Crippen LogP contribution in [0.5, 0.6) is 0 Å². The van der Waals surface area contributed by atoms with E-state index in [0.717, 1.165) is 31.2 Å². The molecule has 1 aromatic heterocycles. The highest BCUT2D eigenvalue weighted by molar-refractivity contribution is 7.93. The summed E-state index contributed by atoms with van der Waals surface area (Å²) in [4.78, 5) is 2.93. The van der Waals surface area contributed by atoms with E-state index in [1.807, 2.05) is 30.0 Å². The van der Waals surface area contributed by atoms with E-state index in [2.05, 4.69) is 27.8 Å². The summed E-state index contributed by atoms with van der Waals surface area (Å²) in [5.74, 6) is -0.985. The number of hydrogen-bond donors (Lipinski definition) is 3. The lowest BCUT2D eigenvalue weighted by molar-refractivity contribution is 0.543. The van der Waals surface area contributed by atoms with E-state index < -0.39 is 25.9 Å². The average Bonchev–Trinajstić information content (AvgIpc) is 3.14. The maximum absolute atomic E-state index is 14.6. The minimum atomic E-state index is -4.31. The number of sulfonamides is 1. The van der Waals surface area contributed by atoms with Crippen LogP contribution in [0, 0.1) is 10.9 Å². The summed E-state index contributed by atoms with van der Waals surface area (Å²) in [6.45, 7) is 0.464. The number of aryl methyl sites for hydroxylation is 1. The van der Waals surface area contributed by atoms with Crippen LogP contribution in [0.2, 0.25) is 5.02 Å². The second-order valence-corrected chi connectivity index (χ2v) is 9.77. The van der Waals surface area contributed by atoms with E-state index >= 15 is 0 Å². The summed E-state index contributed by atoms with van der Waals surface area (Å²) in [7, 11) is -2.48. The normalized spacial score (nSPS) is 12.5. The van der Waals surface area contributed by atoms with Crippen molar-refractivity contribution >= 4 is 43.8 Å². The quantitative estimate of drug-likeness (QED) is 0.393. The number of aromatic nitrogens is 1. The Morgan fingerprint density at radius 3 is 2.58 bits per heavy atom. The van der Waals surface area contributed by atoms with Gasteiger partial charge in [-0.1, -0.05) is 53.3 Å². The lowest BCUT2D eigenvalue weighted by Crippen LogP contribution is -2.33. The molecular weight excluding hydrogens is 466 g/mol. The van der Waals surface area contributed by atoms with Crippen molar-refractivity contribution in [3.05, 3.63) is 70.2 Å². The Balaban J connectivity index is 1.66. The van der Waals surface area contributed by atoms with Gasteiger partial charge in [0.05, 0.1) is 16.9 Å². The average molecular weight is 487 g/mol.